The van der Waals surface area contributed by atoms with Crippen LogP contribution in [-0.4, -0.2) is 19.6 Å². The third kappa shape index (κ3) is 3.40. The minimum Gasteiger partial charge on any atom is -0.388 e. The van der Waals surface area contributed by atoms with Crippen LogP contribution >= 0.6 is 0 Å². The van der Waals surface area contributed by atoms with Gasteiger partial charge in [0.05, 0.1) is 11.0 Å². The van der Waals surface area contributed by atoms with E-state index in [1.165, 1.54) is 0 Å². The molecule has 1 saturated carbocycles. The maximum Gasteiger partial charge on any atom is 0.240 e. The van der Waals surface area contributed by atoms with Crippen LogP contribution in [0.4, 0.5) is 0 Å². The molecule has 3 unspecified atom stereocenters. The molecule has 1 fully saturated rings. The first kappa shape index (κ1) is 15.5. The molecule has 1 aromatic rings. The third-order valence-electron chi connectivity index (χ3n) is 4.11. The van der Waals surface area contributed by atoms with E-state index in [-0.39, 0.29) is 10.9 Å². The van der Waals surface area contributed by atoms with Crippen LogP contribution in [0.25, 0.3) is 0 Å². The van der Waals surface area contributed by atoms with E-state index in [1.807, 2.05) is 6.92 Å². The van der Waals surface area contributed by atoms with Crippen LogP contribution in [-0.2, 0) is 10.0 Å². The zero-order chi connectivity index (χ0) is 14.8. The Morgan fingerprint density at radius 2 is 2.15 bits per heavy atom. The molecule has 2 N–H and O–H groups in total. The number of aliphatic hydroxyl groups is 1. The molecular formula is C15H23NO3S. The van der Waals surface area contributed by atoms with Crippen molar-refractivity contribution in [3.05, 3.63) is 29.8 Å². The molecule has 20 heavy (non-hydrogen) atoms. The molecule has 3 atom stereocenters. The zero-order valence-corrected chi connectivity index (χ0v) is 12.9. The monoisotopic (exact) mass is 297 g/mol. The van der Waals surface area contributed by atoms with E-state index in [4.69, 9.17) is 0 Å². The number of sulfonamides is 1. The van der Waals surface area contributed by atoms with Gasteiger partial charge < -0.3 is 5.11 Å². The fourth-order valence-corrected chi connectivity index (χ4v) is 4.15. The Labute approximate surface area is 121 Å². The molecule has 112 valence electrons. The number of rotatable bonds is 5. The fourth-order valence-electron chi connectivity index (χ4n) is 2.71. The van der Waals surface area contributed by atoms with E-state index in [2.05, 4.69) is 11.6 Å². The third-order valence-corrected chi connectivity index (χ3v) is 5.60. The van der Waals surface area contributed by atoms with Crippen molar-refractivity contribution in [2.24, 2.45) is 5.92 Å². The van der Waals surface area contributed by atoms with E-state index in [1.54, 1.807) is 24.3 Å². The highest BCUT2D eigenvalue weighted by molar-refractivity contribution is 7.89. The van der Waals surface area contributed by atoms with Crippen molar-refractivity contribution in [3.63, 3.8) is 0 Å². The van der Waals surface area contributed by atoms with E-state index in [9.17, 15) is 13.5 Å². The first-order valence-electron chi connectivity index (χ1n) is 7.24. The van der Waals surface area contributed by atoms with Crippen LogP contribution < -0.4 is 4.72 Å². The van der Waals surface area contributed by atoms with Crippen LogP contribution in [0.2, 0.25) is 0 Å². The fraction of sp³-hybridized carbons (Fsp3) is 0.600. The van der Waals surface area contributed by atoms with Gasteiger partial charge in [-0.1, -0.05) is 32.4 Å². The average Bonchev–Trinajstić information content (AvgIpc) is 2.83. The topological polar surface area (TPSA) is 66.4 Å². The second kappa shape index (κ2) is 6.24. The van der Waals surface area contributed by atoms with Gasteiger partial charge in [-0.25, -0.2) is 13.1 Å². The van der Waals surface area contributed by atoms with Crippen LogP contribution in [0.1, 0.15) is 51.2 Å². The Bertz CT molecular complexity index is 556. The minimum absolute atomic E-state index is 0.0276. The molecule has 0 aromatic heterocycles. The van der Waals surface area contributed by atoms with Gasteiger partial charge in [0.15, 0.2) is 0 Å². The second-order valence-corrected chi connectivity index (χ2v) is 7.35. The van der Waals surface area contributed by atoms with E-state index in [0.717, 1.165) is 19.3 Å². The predicted octanol–water partition coefficient (Wildman–Crippen LogP) is 2.60. The van der Waals surface area contributed by atoms with Gasteiger partial charge in [0.25, 0.3) is 0 Å². The largest absolute Gasteiger partial charge is 0.388 e. The maximum absolute atomic E-state index is 12.4. The molecule has 0 radical (unpaired) electrons. The minimum atomic E-state index is -3.50. The standard InChI is InChI=1S/C15H23NO3S/c1-3-15(17)12-7-5-8-13(10-12)20(18,19)16-14-9-4-6-11(14)2/h5,7-8,10-11,14-17H,3-4,6,9H2,1-2H3. The highest BCUT2D eigenvalue weighted by Crippen LogP contribution is 2.27. The van der Waals surface area contributed by atoms with Gasteiger partial charge in [-0.15, -0.1) is 0 Å². The molecule has 0 bridgehead atoms. The summed E-state index contributed by atoms with van der Waals surface area (Å²) >= 11 is 0. The van der Waals surface area contributed by atoms with E-state index < -0.39 is 16.1 Å². The normalized spacial score (nSPS) is 24.8. The lowest BCUT2D eigenvalue weighted by Crippen LogP contribution is -2.36. The summed E-state index contributed by atoms with van der Waals surface area (Å²) in [6.45, 7) is 3.95. The van der Waals surface area contributed by atoms with Crippen molar-refractivity contribution < 1.29 is 13.5 Å². The summed E-state index contributed by atoms with van der Waals surface area (Å²) in [6, 6.07) is 6.61. The highest BCUT2D eigenvalue weighted by atomic mass is 32.2. The summed E-state index contributed by atoms with van der Waals surface area (Å²) in [6.07, 6.45) is 2.99. The number of benzene rings is 1. The lowest BCUT2D eigenvalue weighted by Gasteiger charge is -2.18. The Balaban J connectivity index is 2.21. The van der Waals surface area contributed by atoms with Crippen LogP contribution in [0, 0.1) is 5.92 Å². The van der Waals surface area contributed by atoms with Crippen LogP contribution in [0.3, 0.4) is 0 Å². The Hall–Kier alpha value is -0.910. The zero-order valence-electron chi connectivity index (χ0n) is 12.0. The number of hydrogen-bond donors (Lipinski definition) is 2. The van der Waals surface area contributed by atoms with Gasteiger partial charge in [-0.2, -0.15) is 0 Å². The second-order valence-electron chi connectivity index (χ2n) is 5.63. The average molecular weight is 297 g/mol. The maximum atomic E-state index is 12.4. The van der Waals surface area contributed by atoms with Crippen molar-refractivity contribution in [2.75, 3.05) is 0 Å². The molecule has 0 amide bonds. The SMILES string of the molecule is CCC(O)c1cccc(S(=O)(=O)NC2CCCC2C)c1. The summed E-state index contributed by atoms with van der Waals surface area (Å²) in [5.74, 6) is 0.384. The van der Waals surface area contributed by atoms with Crippen molar-refractivity contribution in [1.29, 1.82) is 0 Å². The summed E-state index contributed by atoms with van der Waals surface area (Å²) in [5, 5.41) is 9.83. The number of aliphatic hydroxyl groups excluding tert-OH is 1. The quantitative estimate of drug-likeness (QED) is 0.878. The van der Waals surface area contributed by atoms with Gasteiger partial charge in [-0.3, -0.25) is 0 Å². The number of hydrogen-bond acceptors (Lipinski definition) is 3. The Kier molecular flexibility index (Phi) is 4.83. The first-order chi connectivity index (χ1) is 9.44. The summed E-state index contributed by atoms with van der Waals surface area (Å²) in [7, 11) is -3.50. The van der Waals surface area contributed by atoms with Gasteiger partial charge in [0.2, 0.25) is 10.0 Å². The lowest BCUT2D eigenvalue weighted by molar-refractivity contribution is 0.173. The van der Waals surface area contributed by atoms with Crippen LogP contribution in [0.15, 0.2) is 29.2 Å². The molecule has 0 saturated heterocycles. The molecule has 2 rings (SSSR count). The lowest BCUT2D eigenvalue weighted by atomic mass is 10.1. The molecule has 0 spiro atoms. The van der Waals surface area contributed by atoms with Gasteiger partial charge >= 0.3 is 0 Å². The van der Waals surface area contributed by atoms with Crippen molar-refractivity contribution in [2.45, 2.75) is 56.6 Å². The Morgan fingerprint density at radius 1 is 1.40 bits per heavy atom. The molecule has 1 aliphatic carbocycles. The highest BCUT2D eigenvalue weighted by Gasteiger charge is 2.28. The molecule has 1 aliphatic rings. The van der Waals surface area contributed by atoms with Crippen molar-refractivity contribution in [3.8, 4) is 0 Å². The first-order valence-corrected chi connectivity index (χ1v) is 8.72. The number of nitrogens with one attached hydrogen (secondary N) is 1. The molecular weight excluding hydrogens is 274 g/mol. The van der Waals surface area contributed by atoms with E-state index in [0.29, 0.717) is 17.9 Å². The smallest absolute Gasteiger partial charge is 0.240 e. The van der Waals surface area contributed by atoms with Gasteiger partial charge in [-0.05, 0) is 42.9 Å². The summed E-state index contributed by atoms with van der Waals surface area (Å²) in [5.41, 5.74) is 0.648. The van der Waals surface area contributed by atoms with Crippen molar-refractivity contribution >= 4 is 10.0 Å². The molecule has 0 heterocycles. The molecule has 5 heteroatoms. The van der Waals surface area contributed by atoms with Crippen LogP contribution in [0.5, 0.6) is 0 Å². The summed E-state index contributed by atoms with van der Waals surface area (Å²) < 4.78 is 27.6. The Morgan fingerprint density at radius 3 is 2.75 bits per heavy atom. The van der Waals surface area contributed by atoms with E-state index >= 15 is 0 Å². The predicted molar refractivity (Wildman–Crippen MR) is 78.8 cm³/mol. The van der Waals surface area contributed by atoms with Gasteiger partial charge in [0.1, 0.15) is 0 Å². The molecule has 1 aromatic carbocycles. The van der Waals surface area contributed by atoms with Gasteiger partial charge in [0, 0.05) is 6.04 Å². The molecule has 0 aliphatic heterocycles. The summed E-state index contributed by atoms with van der Waals surface area (Å²) in [4.78, 5) is 0.238. The molecule has 4 nitrogen and oxygen atoms in total. The van der Waals surface area contributed by atoms with Crippen molar-refractivity contribution in [1.82, 2.24) is 4.72 Å².